The van der Waals surface area contributed by atoms with Crippen LogP contribution in [0.4, 0.5) is 10.2 Å². The van der Waals surface area contributed by atoms with Gasteiger partial charge in [-0.05, 0) is 80.0 Å². The van der Waals surface area contributed by atoms with E-state index in [1.807, 2.05) is 19.2 Å². The molecular formula is C27H36FN3O2. The molecule has 0 radical (unpaired) electrons. The lowest BCUT2D eigenvalue weighted by atomic mass is 9.88. The van der Waals surface area contributed by atoms with E-state index >= 15 is 0 Å². The summed E-state index contributed by atoms with van der Waals surface area (Å²) in [5.41, 5.74) is 6.35. The maximum Gasteiger partial charge on any atom is 0.231 e. The number of aliphatic hydroxyl groups excluding tert-OH is 1. The van der Waals surface area contributed by atoms with Gasteiger partial charge in [-0.2, -0.15) is 0 Å². The van der Waals surface area contributed by atoms with Gasteiger partial charge >= 0.3 is 0 Å². The van der Waals surface area contributed by atoms with E-state index in [4.69, 9.17) is 0 Å². The van der Waals surface area contributed by atoms with Gasteiger partial charge in [0.2, 0.25) is 5.91 Å². The molecule has 0 spiro atoms. The van der Waals surface area contributed by atoms with Crippen LogP contribution in [0.15, 0.2) is 52.9 Å². The number of amides is 1. The normalized spacial score (nSPS) is 23.9. The molecule has 178 valence electrons. The first-order chi connectivity index (χ1) is 15.7. The van der Waals surface area contributed by atoms with Crippen LogP contribution in [-0.2, 0) is 4.79 Å². The lowest BCUT2D eigenvalue weighted by Gasteiger charge is -2.27. The van der Waals surface area contributed by atoms with Gasteiger partial charge in [0.1, 0.15) is 12.0 Å². The number of nitrogens with one attached hydrogen (secondary N) is 2. The van der Waals surface area contributed by atoms with Crippen molar-refractivity contribution in [3.05, 3.63) is 64.0 Å². The zero-order valence-corrected chi connectivity index (χ0v) is 20.3. The Morgan fingerprint density at radius 3 is 2.70 bits per heavy atom. The fourth-order valence-corrected chi connectivity index (χ4v) is 4.10. The molecule has 1 amide bonds. The van der Waals surface area contributed by atoms with Crippen molar-refractivity contribution >= 4 is 17.8 Å². The smallest absolute Gasteiger partial charge is 0.231 e. The average Bonchev–Trinajstić information content (AvgIpc) is 3.50. The Bertz CT molecular complexity index is 1010. The van der Waals surface area contributed by atoms with Gasteiger partial charge in [0.15, 0.2) is 0 Å². The molecule has 0 aromatic carbocycles. The van der Waals surface area contributed by atoms with Crippen LogP contribution in [0.5, 0.6) is 0 Å². The van der Waals surface area contributed by atoms with Gasteiger partial charge in [-0.25, -0.2) is 9.37 Å². The molecule has 1 saturated carbocycles. The fraction of sp³-hybridized carbons (Fsp3) is 0.481. The first-order valence-electron chi connectivity index (χ1n) is 11.9. The SMILES string of the molecule is CC/C=C(C)/C(=C\c1cnc(NC(=O)C2CC2F)cc1C)C1=CNC(C(O)CCC)C=C1C. The van der Waals surface area contributed by atoms with E-state index in [0.717, 1.165) is 52.7 Å². The van der Waals surface area contributed by atoms with Gasteiger partial charge < -0.3 is 15.7 Å². The van der Waals surface area contributed by atoms with E-state index in [1.165, 1.54) is 0 Å². The number of pyridine rings is 1. The number of hydrogen-bond donors (Lipinski definition) is 3. The quantitative estimate of drug-likeness (QED) is 0.438. The van der Waals surface area contributed by atoms with Crippen molar-refractivity contribution in [3.63, 3.8) is 0 Å². The summed E-state index contributed by atoms with van der Waals surface area (Å²) in [6.45, 7) is 10.3. The summed E-state index contributed by atoms with van der Waals surface area (Å²) in [5, 5.41) is 16.5. The summed E-state index contributed by atoms with van der Waals surface area (Å²) in [4.78, 5) is 16.4. The summed E-state index contributed by atoms with van der Waals surface area (Å²) >= 11 is 0. The third kappa shape index (κ3) is 6.20. The van der Waals surface area contributed by atoms with Crippen molar-refractivity contribution in [2.24, 2.45) is 5.92 Å². The molecule has 1 aliphatic heterocycles. The molecule has 3 N–H and O–H groups in total. The topological polar surface area (TPSA) is 74.2 Å². The minimum Gasteiger partial charge on any atom is -0.391 e. The second-order valence-electron chi connectivity index (χ2n) is 9.08. The number of aryl methyl sites for hydroxylation is 1. The second-order valence-corrected chi connectivity index (χ2v) is 9.08. The first kappa shape index (κ1) is 24.9. The zero-order chi connectivity index (χ0) is 24.1. The van der Waals surface area contributed by atoms with E-state index in [1.54, 1.807) is 6.20 Å². The molecule has 0 saturated heterocycles. The number of carbonyl (C=O) groups is 1. The molecule has 2 aliphatic rings. The maximum atomic E-state index is 13.1. The number of alkyl halides is 1. The molecule has 2 heterocycles. The fourth-order valence-electron chi connectivity index (χ4n) is 4.10. The number of allylic oxidation sites excluding steroid dienone is 5. The van der Waals surface area contributed by atoms with Crippen LogP contribution in [-0.4, -0.2) is 34.3 Å². The van der Waals surface area contributed by atoms with Gasteiger partial charge in [0, 0.05) is 18.0 Å². The van der Waals surface area contributed by atoms with E-state index in [-0.39, 0.29) is 11.9 Å². The Morgan fingerprint density at radius 2 is 2.12 bits per heavy atom. The first-order valence-corrected chi connectivity index (χ1v) is 11.9. The molecule has 0 bridgehead atoms. The van der Waals surface area contributed by atoms with E-state index < -0.39 is 18.2 Å². The highest BCUT2D eigenvalue weighted by Gasteiger charge is 2.43. The molecule has 6 heteroatoms. The Balaban J connectivity index is 1.87. The largest absolute Gasteiger partial charge is 0.391 e. The van der Waals surface area contributed by atoms with Crippen LogP contribution in [0, 0.1) is 12.8 Å². The third-order valence-corrected chi connectivity index (χ3v) is 6.25. The number of halogens is 1. The number of anilines is 1. The minimum atomic E-state index is -1.03. The minimum absolute atomic E-state index is 0.0907. The Morgan fingerprint density at radius 1 is 1.39 bits per heavy atom. The predicted molar refractivity (Wildman–Crippen MR) is 132 cm³/mol. The average molecular weight is 454 g/mol. The lowest BCUT2D eigenvalue weighted by Crippen LogP contribution is -2.37. The van der Waals surface area contributed by atoms with Gasteiger partial charge in [-0.15, -0.1) is 0 Å². The van der Waals surface area contributed by atoms with Crippen LogP contribution in [0.3, 0.4) is 0 Å². The lowest BCUT2D eigenvalue weighted by molar-refractivity contribution is -0.117. The standard InChI is InChI=1S/C27H36FN3O2/c1-6-8-16(3)20(22-15-29-24(10-18(22)5)25(32)9-7-2)12-19-14-30-26(11-17(19)4)31-27(33)21-13-23(21)28/h8,10-12,14-15,21,23-25,29,32H,6-7,9,13H2,1-5H3,(H,30,31,33)/b16-8+,20-12+. The number of hydrogen-bond acceptors (Lipinski definition) is 4. The molecule has 4 atom stereocenters. The van der Waals surface area contributed by atoms with Crippen LogP contribution >= 0.6 is 0 Å². The molecule has 1 aromatic rings. The van der Waals surface area contributed by atoms with Crippen molar-refractivity contribution in [1.82, 2.24) is 10.3 Å². The predicted octanol–water partition coefficient (Wildman–Crippen LogP) is 5.39. The number of rotatable bonds is 9. The van der Waals surface area contributed by atoms with Crippen molar-refractivity contribution in [2.75, 3.05) is 5.32 Å². The van der Waals surface area contributed by atoms with Crippen molar-refractivity contribution in [3.8, 4) is 0 Å². The number of carbonyl (C=O) groups excluding carboxylic acids is 1. The Hall–Kier alpha value is -2.73. The van der Waals surface area contributed by atoms with E-state index in [9.17, 15) is 14.3 Å². The Labute approximate surface area is 196 Å². The zero-order valence-electron chi connectivity index (χ0n) is 20.3. The summed E-state index contributed by atoms with van der Waals surface area (Å²) in [5.74, 6) is -0.405. The number of aromatic nitrogens is 1. The van der Waals surface area contributed by atoms with Gasteiger partial charge in [0.25, 0.3) is 0 Å². The molecule has 33 heavy (non-hydrogen) atoms. The molecule has 1 fully saturated rings. The summed E-state index contributed by atoms with van der Waals surface area (Å²) in [6, 6.07) is 1.73. The van der Waals surface area contributed by atoms with Crippen molar-refractivity contribution in [2.45, 2.75) is 78.6 Å². The summed E-state index contributed by atoms with van der Waals surface area (Å²) in [7, 11) is 0. The monoisotopic (exact) mass is 453 g/mol. The molecule has 1 aromatic heterocycles. The summed E-state index contributed by atoms with van der Waals surface area (Å²) in [6.07, 6.45) is 11.6. The van der Waals surface area contributed by atoms with Gasteiger partial charge in [-0.1, -0.05) is 32.4 Å². The highest BCUT2D eigenvalue weighted by molar-refractivity contribution is 5.94. The second kappa shape index (κ2) is 10.9. The number of dihydropyridines is 1. The summed E-state index contributed by atoms with van der Waals surface area (Å²) < 4.78 is 13.1. The van der Waals surface area contributed by atoms with Crippen molar-refractivity contribution < 1.29 is 14.3 Å². The molecule has 4 unspecified atom stereocenters. The van der Waals surface area contributed by atoms with Gasteiger partial charge in [0.05, 0.1) is 18.1 Å². The van der Waals surface area contributed by atoms with E-state index in [2.05, 4.69) is 61.5 Å². The van der Waals surface area contributed by atoms with Gasteiger partial charge in [-0.3, -0.25) is 4.79 Å². The van der Waals surface area contributed by atoms with Crippen LogP contribution in [0.2, 0.25) is 0 Å². The van der Waals surface area contributed by atoms with Crippen LogP contribution in [0.1, 0.15) is 64.5 Å². The molecule has 3 rings (SSSR count). The molecule has 1 aliphatic carbocycles. The highest BCUT2D eigenvalue weighted by Crippen LogP contribution is 2.35. The van der Waals surface area contributed by atoms with Crippen LogP contribution in [0.25, 0.3) is 6.08 Å². The van der Waals surface area contributed by atoms with Crippen molar-refractivity contribution in [1.29, 1.82) is 0 Å². The maximum absolute atomic E-state index is 13.1. The highest BCUT2D eigenvalue weighted by atomic mass is 19.1. The Kier molecular flexibility index (Phi) is 8.25. The number of aliphatic hydroxyl groups is 1. The molecular weight excluding hydrogens is 417 g/mol. The number of nitrogens with zero attached hydrogens (tertiary/aromatic N) is 1. The third-order valence-electron chi connectivity index (χ3n) is 6.25. The molecule has 5 nitrogen and oxygen atoms in total. The van der Waals surface area contributed by atoms with Crippen LogP contribution < -0.4 is 10.6 Å². The van der Waals surface area contributed by atoms with E-state index in [0.29, 0.717) is 12.2 Å².